The van der Waals surface area contributed by atoms with Gasteiger partial charge in [-0.3, -0.25) is 9.59 Å². The summed E-state index contributed by atoms with van der Waals surface area (Å²) in [6.07, 6.45) is 0.927. The van der Waals surface area contributed by atoms with Crippen LogP contribution in [0.4, 0.5) is 5.82 Å². The maximum Gasteiger partial charge on any atom is 0.307 e. The largest absolute Gasteiger partial charge is 0.469 e. The minimum absolute atomic E-state index is 0.184. The molecule has 1 N–H and O–H groups in total. The highest BCUT2D eigenvalue weighted by molar-refractivity contribution is 5.69. The average Bonchev–Trinajstić information content (AvgIpc) is 2.34. The molecule has 1 aromatic rings. The van der Waals surface area contributed by atoms with Gasteiger partial charge in [0.2, 0.25) is 0 Å². The minimum Gasteiger partial charge on any atom is -0.469 e. The molecule has 0 aliphatic carbocycles. The zero-order valence-corrected chi connectivity index (χ0v) is 10.3. The lowest BCUT2D eigenvalue weighted by Gasteiger charge is -2.17. The molecule has 0 saturated carbocycles. The molecule has 0 saturated heterocycles. The van der Waals surface area contributed by atoms with Crippen molar-refractivity contribution >= 4 is 11.8 Å². The molecule has 94 valence electrons. The summed E-state index contributed by atoms with van der Waals surface area (Å²) >= 11 is 0. The second kappa shape index (κ2) is 6.03. The van der Waals surface area contributed by atoms with Gasteiger partial charge in [-0.05, 0) is 0 Å². The van der Waals surface area contributed by atoms with Gasteiger partial charge in [0.25, 0.3) is 5.56 Å². The molecule has 6 nitrogen and oxygen atoms in total. The molecule has 0 fully saturated rings. The number of methoxy groups -OCH3 is 1. The van der Waals surface area contributed by atoms with Crippen LogP contribution < -0.4 is 10.5 Å². The van der Waals surface area contributed by atoms with Crippen LogP contribution in [-0.2, 0) is 16.0 Å². The van der Waals surface area contributed by atoms with Crippen molar-refractivity contribution in [2.24, 2.45) is 0 Å². The van der Waals surface area contributed by atoms with Crippen LogP contribution in [0.1, 0.15) is 19.2 Å². The second-order valence-corrected chi connectivity index (χ2v) is 3.65. The van der Waals surface area contributed by atoms with Crippen molar-refractivity contribution in [3.63, 3.8) is 0 Å². The average molecular weight is 239 g/mol. The topological polar surface area (TPSA) is 75.3 Å². The number of rotatable bonds is 5. The van der Waals surface area contributed by atoms with E-state index in [2.05, 4.69) is 14.7 Å². The highest BCUT2D eigenvalue weighted by Gasteiger charge is 2.08. The predicted octanol–water partition coefficient (Wildman–Crippen LogP) is 0.332. The summed E-state index contributed by atoms with van der Waals surface area (Å²) in [5.74, 6) is 0.921. The SMILES string of the molecule is CCc1nc(N(C)CCC(=O)OC)cc(=O)[nH]1. The van der Waals surface area contributed by atoms with Crippen molar-refractivity contribution < 1.29 is 9.53 Å². The number of esters is 1. The van der Waals surface area contributed by atoms with Crippen molar-refractivity contribution in [2.45, 2.75) is 19.8 Å². The lowest BCUT2D eigenvalue weighted by Crippen LogP contribution is -2.25. The smallest absolute Gasteiger partial charge is 0.307 e. The third-order valence-electron chi connectivity index (χ3n) is 2.38. The summed E-state index contributed by atoms with van der Waals surface area (Å²) in [6, 6.07) is 1.41. The zero-order chi connectivity index (χ0) is 12.8. The Kier molecular flexibility index (Phi) is 4.68. The molecule has 0 unspecified atom stereocenters. The van der Waals surface area contributed by atoms with Crippen LogP contribution in [-0.4, -0.2) is 36.6 Å². The molecule has 6 heteroatoms. The van der Waals surface area contributed by atoms with E-state index in [0.29, 0.717) is 24.6 Å². The zero-order valence-electron chi connectivity index (χ0n) is 10.3. The van der Waals surface area contributed by atoms with E-state index in [0.717, 1.165) is 0 Å². The first-order valence-electron chi connectivity index (χ1n) is 5.45. The van der Waals surface area contributed by atoms with E-state index in [1.165, 1.54) is 13.2 Å². The van der Waals surface area contributed by atoms with Gasteiger partial charge < -0.3 is 14.6 Å². The summed E-state index contributed by atoms with van der Waals surface area (Å²) in [7, 11) is 3.13. The number of nitrogens with zero attached hydrogens (tertiary/aromatic N) is 2. The van der Waals surface area contributed by atoms with Gasteiger partial charge >= 0.3 is 5.97 Å². The van der Waals surface area contributed by atoms with Gasteiger partial charge in [-0.1, -0.05) is 6.92 Å². The number of aryl methyl sites for hydroxylation is 1. The summed E-state index contributed by atoms with van der Waals surface area (Å²) in [4.78, 5) is 31.0. The van der Waals surface area contributed by atoms with Gasteiger partial charge in [-0.2, -0.15) is 0 Å². The Bertz CT molecular complexity index is 442. The van der Waals surface area contributed by atoms with Crippen molar-refractivity contribution in [3.05, 3.63) is 22.2 Å². The predicted molar refractivity (Wildman–Crippen MR) is 64.1 cm³/mol. The van der Waals surface area contributed by atoms with E-state index in [1.807, 2.05) is 6.92 Å². The number of nitrogens with one attached hydrogen (secondary N) is 1. The number of H-pyrrole nitrogens is 1. The van der Waals surface area contributed by atoms with Crippen molar-refractivity contribution in [1.29, 1.82) is 0 Å². The van der Waals surface area contributed by atoms with E-state index in [9.17, 15) is 9.59 Å². The van der Waals surface area contributed by atoms with Gasteiger partial charge in [0, 0.05) is 26.1 Å². The van der Waals surface area contributed by atoms with Crippen molar-refractivity contribution in [1.82, 2.24) is 9.97 Å². The van der Waals surface area contributed by atoms with Crippen LogP contribution in [0.3, 0.4) is 0 Å². The fraction of sp³-hybridized carbons (Fsp3) is 0.545. The molecule has 0 atom stereocenters. The van der Waals surface area contributed by atoms with Gasteiger partial charge in [0.15, 0.2) is 0 Å². The molecule has 17 heavy (non-hydrogen) atoms. The van der Waals surface area contributed by atoms with Crippen LogP contribution in [0.2, 0.25) is 0 Å². The Labute approximate surface area is 99.6 Å². The molecule has 0 radical (unpaired) electrons. The first-order chi connectivity index (χ1) is 8.06. The quantitative estimate of drug-likeness (QED) is 0.749. The van der Waals surface area contributed by atoms with Crippen LogP contribution in [0, 0.1) is 0 Å². The maximum atomic E-state index is 11.4. The lowest BCUT2D eigenvalue weighted by molar-refractivity contribution is -0.140. The Morgan fingerprint density at radius 1 is 1.59 bits per heavy atom. The first kappa shape index (κ1) is 13.2. The molecule has 0 aromatic carbocycles. The van der Waals surface area contributed by atoms with Crippen LogP contribution in [0.15, 0.2) is 10.9 Å². The standard InChI is InChI=1S/C11H17N3O3/c1-4-8-12-9(7-10(15)13-8)14(2)6-5-11(16)17-3/h7H,4-6H2,1-3H3,(H,12,13,15). The lowest BCUT2D eigenvalue weighted by atomic mass is 10.3. The van der Waals surface area contributed by atoms with Gasteiger partial charge in [0.1, 0.15) is 11.6 Å². The van der Waals surface area contributed by atoms with Gasteiger partial charge in [-0.25, -0.2) is 4.98 Å². The fourth-order valence-electron chi connectivity index (χ4n) is 1.33. The van der Waals surface area contributed by atoms with Crippen molar-refractivity contribution in [2.75, 3.05) is 25.6 Å². The Balaban J connectivity index is 2.74. The first-order valence-corrected chi connectivity index (χ1v) is 5.45. The number of carbonyl (C=O) groups is 1. The third kappa shape index (κ3) is 3.90. The fourth-order valence-corrected chi connectivity index (χ4v) is 1.33. The molecule has 0 bridgehead atoms. The summed E-state index contributed by atoms with van der Waals surface area (Å²) in [6.45, 7) is 2.38. The van der Waals surface area contributed by atoms with Crippen LogP contribution >= 0.6 is 0 Å². The highest BCUT2D eigenvalue weighted by atomic mass is 16.5. The molecule has 1 heterocycles. The Morgan fingerprint density at radius 3 is 2.88 bits per heavy atom. The number of anilines is 1. The highest BCUT2D eigenvalue weighted by Crippen LogP contribution is 2.06. The normalized spacial score (nSPS) is 10.1. The van der Waals surface area contributed by atoms with E-state index < -0.39 is 0 Å². The van der Waals surface area contributed by atoms with E-state index >= 15 is 0 Å². The molecule has 1 aromatic heterocycles. The molecular formula is C11H17N3O3. The maximum absolute atomic E-state index is 11.4. The number of aromatic amines is 1. The summed E-state index contributed by atoms with van der Waals surface area (Å²) in [5, 5.41) is 0. The monoisotopic (exact) mass is 239 g/mol. The molecule has 1 rings (SSSR count). The van der Waals surface area contributed by atoms with Gasteiger partial charge in [0.05, 0.1) is 13.5 Å². The minimum atomic E-state index is -0.280. The number of ether oxygens (including phenoxy) is 1. The second-order valence-electron chi connectivity index (χ2n) is 3.65. The number of aromatic nitrogens is 2. The van der Waals surface area contributed by atoms with E-state index in [1.54, 1.807) is 11.9 Å². The third-order valence-corrected chi connectivity index (χ3v) is 2.38. The molecule has 0 amide bonds. The molecule has 0 aliphatic heterocycles. The van der Waals surface area contributed by atoms with Crippen LogP contribution in [0.5, 0.6) is 0 Å². The molecular weight excluding hydrogens is 222 g/mol. The Hall–Kier alpha value is -1.85. The molecule has 0 aliphatic rings. The number of hydrogen-bond acceptors (Lipinski definition) is 5. The van der Waals surface area contributed by atoms with E-state index in [4.69, 9.17) is 0 Å². The van der Waals surface area contributed by atoms with E-state index in [-0.39, 0.29) is 17.9 Å². The molecule has 0 spiro atoms. The number of hydrogen-bond donors (Lipinski definition) is 1. The van der Waals surface area contributed by atoms with Crippen molar-refractivity contribution in [3.8, 4) is 0 Å². The summed E-state index contributed by atoms with van der Waals surface area (Å²) < 4.78 is 4.55. The van der Waals surface area contributed by atoms with Gasteiger partial charge in [-0.15, -0.1) is 0 Å². The summed E-state index contributed by atoms with van der Waals surface area (Å²) in [5.41, 5.74) is -0.184. The number of carbonyl (C=O) groups excluding carboxylic acids is 1. The van der Waals surface area contributed by atoms with Crippen LogP contribution in [0.25, 0.3) is 0 Å². The Morgan fingerprint density at radius 2 is 2.29 bits per heavy atom.